The van der Waals surface area contributed by atoms with E-state index in [1.165, 1.54) is 6.66 Å². The molecule has 0 aromatic heterocycles. The van der Waals surface area contributed by atoms with Crippen molar-refractivity contribution >= 4 is 36.5 Å². The first kappa shape index (κ1) is 15.2. The predicted molar refractivity (Wildman–Crippen MR) is 61.4 cm³/mol. The van der Waals surface area contributed by atoms with Crippen molar-refractivity contribution in [3.63, 3.8) is 0 Å². The van der Waals surface area contributed by atoms with Crippen LogP contribution >= 0.6 is 30.6 Å². The summed E-state index contributed by atoms with van der Waals surface area (Å²) in [4.78, 5) is 11.0. The Morgan fingerprint density at radius 1 is 1.27 bits per heavy atom. The number of carbonyl (C=O) groups excluding carboxylic acids is 1. The normalized spacial score (nSPS) is 14.6. The van der Waals surface area contributed by atoms with Gasteiger partial charge < -0.3 is 9.26 Å². The van der Waals surface area contributed by atoms with Gasteiger partial charge in [0.05, 0.1) is 18.9 Å². The van der Waals surface area contributed by atoms with E-state index in [2.05, 4.69) is 0 Å². The van der Waals surface area contributed by atoms with E-state index in [1.807, 2.05) is 0 Å². The van der Waals surface area contributed by atoms with Gasteiger partial charge >= 0.3 is 5.97 Å². The minimum absolute atomic E-state index is 0.0763. The summed E-state index contributed by atoms with van der Waals surface area (Å²) in [6.07, 6.45) is 0.248. The summed E-state index contributed by atoms with van der Waals surface area (Å²) < 4.78 is 21.4. The van der Waals surface area contributed by atoms with Crippen molar-refractivity contribution in [1.29, 1.82) is 0 Å². The quantitative estimate of drug-likeness (QED) is 0.388. The fraction of sp³-hybridized carbons (Fsp3) is 0.875. The van der Waals surface area contributed by atoms with E-state index in [0.29, 0.717) is 0 Å². The number of hydrogen-bond donors (Lipinski definition) is 0. The molecule has 0 aliphatic carbocycles. The lowest BCUT2D eigenvalue weighted by Gasteiger charge is -2.12. The molecule has 0 aromatic rings. The highest BCUT2D eigenvalue weighted by Gasteiger charge is 2.17. The smallest absolute Gasteiger partial charge is 0.306 e. The summed E-state index contributed by atoms with van der Waals surface area (Å²) in [5, 5.41) is 0. The standard InChI is InChI=1S/C8H15Cl2O4P/c1-15(12,14-6-4-10)7-2-8(11)13-5-3-9/h2-7H2,1H3. The number of rotatable bonds is 8. The number of carbonyl (C=O) groups is 1. The fourth-order valence-electron chi connectivity index (χ4n) is 0.811. The van der Waals surface area contributed by atoms with Crippen LogP contribution in [0.25, 0.3) is 0 Å². The SMILES string of the molecule is CP(=O)(CCC(=O)OCCCl)OCCCl. The number of alkyl halides is 2. The average molecular weight is 277 g/mol. The molecule has 0 N–H and O–H groups in total. The van der Waals surface area contributed by atoms with Crippen molar-refractivity contribution in [2.24, 2.45) is 0 Å². The van der Waals surface area contributed by atoms with Gasteiger partial charge in [0.15, 0.2) is 0 Å². The monoisotopic (exact) mass is 276 g/mol. The lowest BCUT2D eigenvalue weighted by Crippen LogP contribution is -2.09. The van der Waals surface area contributed by atoms with Gasteiger partial charge in [-0.25, -0.2) is 0 Å². The van der Waals surface area contributed by atoms with Crippen LogP contribution in [0, 0.1) is 0 Å². The second-order valence-corrected chi connectivity index (χ2v) is 6.41. The number of esters is 1. The van der Waals surface area contributed by atoms with Crippen LogP contribution in [0.1, 0.15) is 6.42 Å². The molecule has 0 rings (SSSR count). The van der Waals surface area contributed by atoms with Crippen LogP contribution in [-0.2, 0) is 18.6 Å². The molecule has 15 heavy (non-hydrogen) atoms. The van der Waals surface area contributed by atoms with Gasteiger partial charge in [-0.15, -0.1) is 23.2 Å². The van der Waals surface area contributed by atoms with E-state index in [4.69, 9.17) is 32.5 Å². The molecule has 90 valence electrons. The highest BCUT2D eigenvalue weighted by molar-refractivity contribution is 7.58. The van der Waals surface area contributed by atoms with Crippen LogP contribution in [0.15, 0.2) is 0 Å². The Labute approximate surface area is 99.7 Å². The highest BCUT2D eigenvalue weighted by atomic mass is 35.5. The maximum absolute atomic E-state index is 11.6. The zero-order valence-electron chi connectivity index (χ0n) is 8.58. The summed E-state index contributed by atoms with van der Waals surface area (Å²) in [7, 11) is -2.71. The van der Waals surface area contributed by atoms with E-state index in [1.54, 1.807) is 0 Å². The molecular weight excluding hydrogens is 262 g/mol. The lowest BCUT2D eigenvalue weighted by atomic mass is 10.5. The molecule has 0 saturated heterocycles. The summed E-state index contributed by atoms with van der Waals surface area (Å²) in [5.41, 5.74) is 0. The van der Waals surface area contributed by atoms with Gasteiger partial charge in [-0.1, -0.05) is 0 Å². The Balaban J connectivity index is 3.72. The van der Waals surface area contributed by atoms with Crippen molar-refractivity contribution < 1.29 is 18.6 Å². The minimum Gasteiger partial charge on any atom is -0.464 e. The van der Waals surface area contributed by atoms with Crippen LogP contribution in [0.3, 0.4) is 0 Å². The van der Waals surface area contributed by atoms with Gasteiger partial charge in [-0.2, -0.15) is 0 Å². The first-order chi connectivity index (χ1) is 7.02. The second kappa shape index (κ2) is 8.40. The predicted octanol–water partition coefficient (Wildman–Crippen LogP) is 2.32. The van der Waals surface area contributed by atoms with E-state index < -0.39 is 13.3 Å². The van der Waals surface area contributed by atoms with E-state index in [0.717, 1.165) is 0 Å². The third-order valence-corrected chi connectivity index (χ3v) is 3.58. The second-order valence-electron chi connectivity index (χ2n) is 2.92. The molecule has 0 heterocycles. The minimum atomic E-state index is -2.71. The molecule has 4 nitrogen and oxygen atoms in total. The first-order valence-electron chi connectivity index (χ1n) is 4.50. The highest BCUT2D eigenvalue weighted by Crippen LogP contribution is 2.42. The molecule has 0 aromatic carbocycles. The summed E-state index contributed by atoms with van der Waals surface area (Å²) in [6, 6.07) is 0. The van der Waals surface area contributed by atoms with E-state index in [9.17, 15) is 9.36 Å². The summed E-state index contributed by atoms with van der Waals surface area (Å²) >= 11 is 10.7. The van der Waals surface area contributed by atoms with Crippen LogP contribution in [0.2, 0.25) is 0 Å². The van der Waals surface area contributed by atoms with Crippen molar-refractivity contribution in [1.82, 2.24) is 0 Å². The van der Waals surface area contributed by atoms with Crippen LogP contribution < -0.4 is 0 Å². The van der Waals surface area contributed by atoms with Gasteiger partial charge in [-0.3, -0.25) is 9.36 Å². The molecule has 0 fully saturated rings. The third kappa shape index (κ3) is 9.19. The molecule has 1 unspecified atom stereocenters. The maximum Gasteiger partial charge on any atom is 0.306 e. The number of ether oxygens (including phenoxy) is 1. The zero-order valence-corrected chi connectivity index (χ0v) is 11.0. The zero-order chi connectivity index (χ0) is 11.7. The van der Waals surface area contributed by atoms with Crippen LogP contribution in [0.4, 0.5) is 0 Å². The Bertz CT molecular complexity index is 235. The Kier molecular flexibility index (Phi) is 8.53. The van der Waals surface area contributed by atoms with E-state index >= 15 is 0 Å². The summed E-state index contributed by atoms with van der Waals surface area (Å²) in [5.74, 6) is 0.138. The molecule has 1 atom stereocenters. The molecule has 0 spiro atoms. The molecule has 0 amide bonds. The first-order valence-corrected chi connectivity index (χ1v) is 7.83. The molecule has 0 saturated carbocycles. The van der Waals surface area contributed by atoms with Gasteiger partial charge in [0.25, 0.3) is 0 Å². The molecule has 0 aliphatic rings. The fourth-order valence-corrected chi connectivity index (χ4v) is 2.27. The van der Waals surface area contributed by atoms with Crippen LogP contribution in [0.5, 0.6) is 0 Å². The molecule has 0 bridgehead atoms. The van der Waals surface area contributed by atoms with Crippen LogP contribution in [-0.4, -0.2) is 43.8 Å². The van der Waals surface area contributed by atoms with Gasteiger partial charge in [0.2, 0.25) is 7.37 Å². The lowest BCUT2D eigenvalue weighted by molar-refractivity contribution is -0.142. The molecular formula is C8H15Cl2O4P. The Morgan fingerprint density at radius 3 is 2.40 bits per heavy atom. The topological polar surface area (TPSA) is 52.6 Å². The molecule has 0 radical (unpaired) electrons. The van der Waals surface area contributed by atoms with Gasteiger partial charge in [0, 0.05) is 18.7 Å². The van der Waals surface area contributed by atoms with Crippen molar-refractivity contribution in [2.45, 2.75) is 6.42 Å². The largest absolute Gasteiger partial charge is 0.464 e. The Hall–Kier alpha value is 0.240. The van der Waals surface area contributed by atoms with Crippen molar-refractivity contribution in [2.75, 3.05) is 37.8 Å². The maximum atomic E-state index is 11.6. The number of halogens is 2. The average Bonchev–Trinajstić information content (AvgIpc) is 2.21. The molecule has 7 heteroatoms. The summed E-state index contributed by atoms with van der Waals surface area (Å²) in [6.45, 7) is 1.89. The Morgan fingerprint density at radius 2 is 1.87 bits per heavy atom. The van der Waals surface area contributed by atoms with E-state index in [-0.39, 0.29) is 37.6 Å². The van der Waals surface area contributed by atoms with Crippen molar-refractivity contribution in [3.8, 4) is 0 Å². The van der Waals surface area contributed by atoms with Gasteiger partial charge in [-0.05, 0) is 0 Å². The van der Waals surface area contributed by atoms with Gasteiger partial charge in [0.1, 0.15) is 6.61 Å². The molecule has 0 aliphatic heterocycles. The number of hydrogen-bond acceptors (Lipinski definition) is 4. The van der Waals surface area contributed by atoms with Crippen molar-refractivity contribution in [3.05, 3.63) is 0 Å². The third-order valence-electron chi connectivity index (χ3n) is 1.50.